The summed E-state index contributed by atoms with van der Waals surface area (Å²) in [7, 11) is 0. The van der Waals surface area contributed by atoms with Crippen molar-refractivity contribution in [2.24, 2.45) is 0 Å². The van der Waals surface area contributed by atoms with E-state index >= 15 is 0 Å². The summed E-state index contributed by atoms with van der Waals surface area (Å²) < 4.78 is 4.74. The standard InChI is InChI=1S/C13H10N2O4/c1-6-2-7-4-11(16)14-12(7)8(3-6)9-5-10(13(17)18)19-15-9/h2-3,5H,4H2,1H3,(H,14,16)(H,17,18). The van der Waals surface area contributed by atoms with Crippen LogP contribution in [0.3, 0.4) is 0 Å². The lowest BCUT2D eigenvalue weighted by atomic mass is 10.0. The van der Waals surface area contributed by atoms with Crippen LogP contribution in [-0.4, -0.2) is 22.1 Å². The Labute approximate surface area is 108 Å². The van der Waals surface area contributed by atoms with Crippen molar-refractivity contribution < 1.29 is 19.2 Å². The number of carbonyl (C=O) groups excluding carboxylic acids is 1. The molecule has 6 heteroatoms. The summed E-state index contributed by atoms with van der Waals surface area (Å²) >= 11 is 0. The van der Waals surface area contributed by atoms with Crippen molar-refractivity contribution in [3.8, 4) is 11.3 Å². The van der Waals surface area contributed by atoms with Crippen molar-refractivity contribution in [2.45, 2.75) is 13.3 Å². The number of carboxylic acids is 1. The van der Waals surface area contributed by atoms with E-state index in [1.54, 1.807) is 0 Å². The molecule has 1 amide bonds. The molecule has 0 unspecified atom stereocenters. The Balaban J connectivity index is 2.15. The first-order valence-electron chi connectivity index (χ1n) is 5.68. The van der Waals surface area contributed by atoms with E-state index in [2.05, 4.69) is 10.5 Å². The lowest BCUT2D eigenvalue weighted by Gasteiger charge is -2.06. The Kier molecular flexibility index (Phi) is 2.38. The fraction of sp³-hybridized carbons (Fsp3) is 0.154. The molecular weight excluding hydrogens is 248 g/mol. The summed E-state index contributed by atoms with van der Waals surface area (Å²) in [5.41, 5.74) is 3.63. The maximum atomic E-state index is 11.5. The molecule has 0 aliphatic carbocycles. The van der Waals surface area contributed by atoms with Crippen LogP contribution in [0.25, 0.3) is 11.3 Å². The summed E-state index contributed by atoms with van der Waals surface area (Å²) in [4.78, 5) is 22.3. The normalized spacial score (nSPS) is 13.2. The Morgan fingerprint density at radius 2 is 2.21 bits per heavy atom. The third-order valence-electron chi connectivity index (χ3n) is 2.98. The first kappa shape index (κ1) is 11.5. The third kappa shape index (κ3) is 1.87. The van der Waals surface area contributed by atoms with Gasteiger partial charge in [-0.2, -0.15) is 0 Å². The first-order valence-corrected chi connectivity index (χ1v) is 5.68. The van der Waals surface area contributed by atoms with Crippen molar-refractivity contribution in [3.63, 3.8) is 0 Å². The Bertz CT molecular complexity index is 703. The minimum atomic E-state index is -1.17. The van der Waals surface area contributed by atoms with Crippen molar-refractivity contribution in [2.75, 3.05) is 5.32 Å². The van der Waals surface area contributed by atoms with E-state index in [-0.39, 0.29) is 11.7 Å². The maximum Gasteiger partial charge on any atom is 0.374 e. The van der Waals surface area contributed by atoms with E-state index in [4.69, 9.17) is 9.63 Å². The number of anilines is 1. The molecule has 3 rings (SSSR count). The number of hydrogen-bond donors (Lipinski definition) is 2. The van der Waals surface area contributed by atoms with Crippen LogP contribution >= 0.6 is 0 Å². The van der Waals surface area contributed by atoms with Crippen molar-refractivity contribution in [1.82, 2.24) is 5.16 Å². The van der Waals surface area contributed by atoms with Crippen LogP contribution in [0.1, 0.15) is 21.7 Å². The highest BCUT2D eigenvalue weighted by molar-refractivity contribution is 6.03. The molecule has 0 spiro atoms. The predicted molar refractivity (Wildman–Crippen MR) is 66.0 cm³/mol. The van der Waals surface area contributed by atoms with E-state index in [9.17, 15) is 9.59 Å². The number of carbonyl (C=O) groups is 2. The van der Waals surface area contributed by atoms with Gasteiger partial charge in [0, 0.05) is 11.6 Å². The minimum Gasteiger partial charge on any atom is -0.475 e. The number of amides is 1. The molecule has 0 bridgehead atoms. The van der Waals surface area contributed by atoms with Crippen LogP contribution in [-0.2, 0) is 11.2 Å². The summed E-state index contributed by atoms with van der Waals surface area (Å²) in [6.07, 6.45) is 0.327. The molecular formula is C13H10N2O4. The van der Waals surface area contributed by atoms with E-state index in [0.717, 1.165) is 11.1 Å². The highest BCUT2D eigenvalue weighted by Gasteiger charge is 2.24. The number of aryl methyl sites for hydroxylation is 1. The smallest absolute Gasteiger partial charge is 0.374 e. The average molecular weight is 258 g/mol. The van der Waals surface area contributed by atoms with Crippen LogP contribution in [0, 0.1) is 6.92 Å². The van der Waals surface area contributed by atoms with Gasteiger partial charge in [0.25, 0.3) is 0 Å². The van der Waals surface area contributed by atoms with Crippen LogP contribution in [0.15, 0.2) is 22.7 Å². The van der Waals surface area contributed by atoms with Gasteiger partial charge in [0.1, 0.15) is 5.69 Å². The number of rotatable bonds is 2. The summed E-state index contributed by atoms with van der Waals surface area (Å²) in [6.45, 7) is 1.91. The number of aromatic nitrogens is 1. The molecule has 1 aromatic carbocycles. The number of aromatic carboxylic acids is 1. The number of hydrogen-bond acceptors (Lipinski definition) is 4. The molecule has 96 valence electrons. The molecule has 2 aromatic rings. The Morgan fingerprint density at radius 3 is 2.89 bits per heavy atom. The summed E-state index contributed by atoms with van der Waals surface area (Å²) in [6, 6.07) is 5.12. The van der Waals surface area contributed by atoms with Crippen LogP contribution in [0.2, 0.25) is 0 Å². The zero-order chi connectivity index (χ0) is 13.6. The van der Waals surface area contributed by atoms with Crippen LogP contribution < -0.4 is 5.32 Å². The average Bonchev–Trinajstić information content (AvgIpc) is 2.93. The number of benzene rings is 1. The zero-order valence-corrected chi connectivity index (χ0v) is 10.1. The van der Waals surface area contributed by atoms with E-state index < -0.39 is 5.97 Å². The lowest BCUT2D eigenvalue weighted by molar-refractivity contribution is -0.115. The summed E-state index contributed by atoms with van der Waals surface area (Å²) in [5, 5.41) is 15.3. The van der Waals surface area contributed by atoms with Crippen LogP contribution in [0.4, 0.5) is 5.69 Å². The molecule has 0 radical (unpaired) electrons. The second-order valence-electron chi connectivity index (χ2n) is 4.45. The fourth-order valence-corrected chi connectivity index (χ4v) is 2.21. The van der Waals surface area contributed by atoms with Gasteiger partial charge in [0.15, 0.2) is 0 Å². The number of fused-ring (bicyclic) bond motifs is 1. The Morgan fingerprint density at radius 1 is 1.42 bits per heavy atom. The molecule has 6 nitrogen and oxygen atoms in total. The largest absolute Gasteiger partial charge is 0.475 e. The molecule has 1 aromatic heterocycles. The second kappa shape index (κ2) is 3.94. The molecule has 19 heavy (non-hydrogen) atoms. The summed E-state index contributed by atoms with van der Waals surface area (Å²) in [5.74, 6) is -1.48. The Hall–Kier alpha value is -2.63. The minimum absolute atomic E-state index is 0.0798. The van der Waals surface area contributed by atoms with Gasteiger partial charge in [0.05, 0.1) is 12.1 Å². The van der Waals surface area contributed by atoms with Crippen molar-refractivity contribution in [3.05, 3.63) is 35.1 Å². The predicted octanol–water partition coefficient (Wildman–Crippen LogP) is 1.84. The molecule has 2 heterocycles. The van der Waals surface area contributed by atoms with Gasteiger partial charge in [-0.15, -0.1) is 0 Å². The fourth-order valence-electron chi connectivity index (χ4n) is 2.21. The van der Waals surface area contributed by atoms with Crippen molar-refractivity contribution in [1.29, 1.82) is 0 Å². The van der Waals surface area contributed by atoms with Gasteiger partial charge in [-0.05, 0) is 18.6 Å². The molecule has 1 aliphatic rings. The lowest BCUT2D eigenvalue weighted by Crippen LogP contribution is -2.04. The first-order chi connectivity index (χ1) is 9.04. The highest BCUT2D eigenvalue weighted by atomic mass is 16.5. The SMILES string of the molecule is Cc1cc2c(c(-c3cc(C(=O)O)on3)c1)NC(=O)C2. The maximum absolute atomic E-state index is 11.5. The molecule has 0 atom stereocenters. The highest BCUT2D eigenvalue weighted by Crippen LogP contribution is 2.35. The van der Waals surface area contributed by atoms with Gasteiger partial charge in [-0.3, -0.25) is 4.79 Å². The van der Waals surface area contributed by atoms with E-state index in [1.807, 2.05) is 19.1 Å². The quantitative estimate of drug-likeness (QED) is 0.857. The molecule has 1 aliphatic heterocycles. The van der Waals surface area contributed by atoms with Gasteiger partial charge < -0.3 is 14.9 Å². The molecule has 2 N–H and O–H groups in total. The number of carboxylic acid groups (broad SMARTS) is 1. The van der Waals surface area contributed by atoms with Gasteiger partial charge in [-0.25, -0.2) is 4.79 Å². The molecule has 0 saturated heterocycles. The number of nitrogens with one attached hydrogen (secondary N) is 1. The third-order valence-corrected chi connectivity index (χ3v) is 2.98. The van der Waals surface area contributed by atoms with Gasteiger partial charge in [0.2, 0.25) is 11.7 Å². The van der Waals surface area contributed by atoms with E-state index in [0.29, 0.717) is 23.4 Å². The number of nitrogens with zero attached hydrogens (tertiary/aromatic N) is 1. The molecule has 0 fully saturated rings. The second-order valence-corrected chi connectivity index (χ2v) is 4.45. The van der Waals surface area contributed by atoms with Crippen molar-refractivity contribution >= 4 is 17.6 Å². The topological polar surface area (TPSA) is 92.4 Å². The van der Waals surface area contributed by atoms with Gasteiger partial charge >= 0.3 is 5.97 Å². The van der Waals surface area contributed by atoms with Crippen LogP contribution in [0.5, 0.6) is 0 Å². The van der Waals surface area contributed by atoms with Gasteiger partial charge in [-0.1, -0.05) is 16.8 Å². The monoisotopic (exact) mass is 258 g/mol. The van der Waals surface area contributed by atoms with E-state index in [1.165, 1.54) is 6.07 Å². The molecule has 0 saturated carbocycles. The zero-order valence-electron chi connectivity index (χ0n) is 10.1.